The van der Waals surface area contributed by atoms with E-state index in [1.807, 2.05) is 6.07 Å². The molecule has 0 radical (unpaired) electrons. The molecule has 1 N–H and O–H groups in total. The molecule has 0 amide bonds. The van der Waals surface area contributed by atoms with Gasteiger partial charge in [0.05, 0.1) is 16.4 Å². The Morgan fingerprint density at radius 2 is 1.95 bits per heavy atom. The average molecular weight is 348 g/mol. The summed E-state index contributed by atoms with van der Waals surface area (Å²) in [6.07, 6.45) is -0.820. The van der Waals surface area contributed by atoms with Gasteiger partial charge in [-0.1, -0.05) is 35.9 Å². The maximum Gasteiger partial charge on any atom is 0.263 e. The Hall–Kier alpha value is -1.20. The number of alkyl halides is 2. The van der Waals surface area contributed by atoms with Crippen LogP contribution in [0.2, 0.25) is 5.15 Å². The fourth-order valence-electron chi connectivity index (χ4n) is 1.50. The van der Waals surface area contributed by atoms with Gasteiger partial charge in [0.15, 0.2) is 0 Å². The third kappa shape index (κ3) is 3.88. The standard InChI is InChI=1S/C13H10BrClF2N2/c14-11-5-10(7-19-12(11)15)18-6-8-1-3-9(4-2-8)13(16)17/h1-5,7,13,18H,6H2. The van der Waals surface area contributed by atoms with Crippen molar-refractivity contribution in [3.05, 3.63) is 57.3 Å². The number of benzene rings is 1. The van der Waals surface area contributed by atoms with Crippen LogP contribution in [0, 0.1) is 0 Å². The third-order valence-corrected chi connectivity index (χ3v) is 3.66. The minimum atomic E-state index is -2.43. The number of nitrogens with zero attached hydrogens (tertiary/aromatic N) is 1. The smallest absolute Gasteiger partial charge is 0.263 e. The highest BCUT2D eigenvalue weighted by molar-refractivity contribution is 9.10. The second-order valence-electron chi connectivity index (χ2n) is 3.89. The third-order valence-electron chi connectivity index (χ3n) is 2.52. The number of pyridine rings is 1. The monoisotopic (exact) mass is 346 g/mol. The first-order chi connectivity index (χ1) is 9.06. The van der Waals surface area contributed by atoms with Crippen LogP contribution in [0.25, 0.3) is 0 Å². The fraction of sp³-hybridized carbons (Fsp3) is 0.154. The zero-order chi connectivity index (χ0) is 13.8. The Labute approximate surface area is 122 Å². The highest BCUT2D eigenvalue weighted by Gasteiger charge is 2.06. The van der Waals surface area contributed by atoms with E-state index in [0.29, 0.717) is 16.2 Å². The zero-order valence-electron chi connectivity index (χ0n) is 9.71. The summed E-state index contributed by atoms with van der Waals surface area (Å²) in [5.74, 6) is 0. The van der Waals surface area contributed by atoms with Gasteiger partial charge in [0, 0.05) is 12.1 Å². The Balaban J connectivity index is 2.00. The summed E-state index contributed by atoms with van der Waals surface area (Å²) in [6.45, 7) is 0.527. The molecule has 1 aromatic carbocycles. The topological polar surface area (TPSA) is 24.9 Å². The molecular weight excluding hydrogens is 338 g/mol. The van der Waals surface area contributed by atoms with Crippen molar-refractivity contribution < 1.29 is 8.78 Å². The van der Waals surface area contributed by atoms with Crippen LogP contribution in [0.4, 0.5) is 14.5 Å². The Morgan fingerprint density at radius 3 is 2.53 bits per heavy atom. The summed E-state index contributed by atoms with van der Waals surface area (Å²) in [5.41, 5.74) is 1.74. The number of halogens is 4. The highest BCUT2D eigenvalue weighted by atomic mass is 79.9. The van der Waals surface area contributed by atoms with Gasteiger partial charge in [-0.3, -0.25) is 0 Å². The molecule has 0 spiro atoms. The summed E-state index contributed by atoms with van der Waals surface area (Å²) in [5, 5.41) is 3.53. The number of rotatable bonds is 4. The first-order valence-corrected chi connectivity index (χ1v) is 6.65. The predicted molar refractivity (Wildman–Crippen MR) is 75.7 cm³/mol. The Kier molecular flexibility index (Phi) is 4.71. The number of nitrogens with one attached hydrogen (secondary N) is 1. The molecule has 0 atom stereocenters. The molecule has 0 saturated carbocycles. The van der Waals surface area contributed by atoms with Crippen LogP contribution in [0.3, 0.4) is 0 Å². The van der Waals surface area contributed by atoms with E-state index in [-0.39, 0.29) is 5.56 Å². The molecule has 2 nitrogen and oxygen atoms in total. The molecule has 1 aromatic heterocycles. The van der Waals surface area contributed by atoms with Crippen molar-refractivity contribution in [3.8, 4) is 0 Å². The number of hydrogen-bond donors (Lipinski definition) is 1. The van der Waals surface area contributed by atoms with Crippen LogP contribution in [0.1, 0.15) is 17.6 Å². The summed E-state index contributed by atoms with van der Waals surface area (Å²) < 4.78 is 25.5. The minimum Gasteiger partial charge on any atom is -0.380 e. The van der Waals surface area contributed by atoms with E-state index in [4.69, 9.17) is 11.6 Å². The van der Waals surface area contributed by atoms with Crippen molar-refractivity contribution in [1.29, 1.82) is 0 Å². The van der Waals surface area contributed by atoms with Gasteiger partial charge < -0.3 is 5.32 Å². The molecule has 0 bridgehead atoms. The average Bonchev–Trinajstić information content (AvgIpc) is 2.40. The number of anilines is 1. The number of hydrogen-bond acceptors (Lipinski definition) is 2. The van der Waals surface area contributed by atoms with Crippen LogP contribution in [0.15, 0.2) is 41.0 Å². The van der Waals surface area contributed by atoms with Crippen molar-refractivity contribution in [2.75, 3.05) is 5.32 Å². The van der Waals surface area contributed by atoms with E-state index in [1.165, 1.54) is 12.1 Å². The zero-order valence-corrected chi connectivity index (χ0v) is 12.0. The molecule has 2 aromatic rings. The van der Waals surface area contributed by atoms with Crippen LogP contribution in [-0.4, -0.2) is 4.98 Å². The van der Waals surface area contributed by atoms with Gasteiger partial charge in [0.1, 0.15) is 5.15 Å². The van der Waals surface area contributed by atoms with E-state index in [2.05, 4.69) is 26.2 Å². The van der Waals surface area contributed by atoms with Crippen molar-refractivity contribution in [2.45, 2.75) is 13.0 Å². The van der Waals surface area contributed by atoms with Crippen LogP contribution in [0.5, 0.6) is 0 Å². The maximum atomic E-state index is 12.4. The molecule has 0 aliphatic rings. The molecule has 6 heteroatoms. The second kappa shape index (κ2) is 6.30. The molecule has 0 fully saturated rings. The fourth-order valence-corrected chi connectivity index (χ4v) is 1.96. The van der Waals surface area contributed by atoms with E-state index >= 15 is 0 Å². The second-order valence-corrected chi connectivity index (χ2v) is 5.10. The molecule has 2 rings (SSSR count). The molecule has 19 heavy (non-hydrogen) atoms. The van der Waals surface area contributed by atoms with Crippen LogP contribution in [-0.2, 0) is 6.54 Å². The van der Waals surface area contributed by atoms with Gasteiger partial charge >= 0.3 is 0 Å². The van der Waals surface area contributed by atoms with Gasteiger partial charge in [-0.2, -0.15) is 0 Å². The Morgan fingerprint density at radius 1 is 1.26 bits per heavy atom. The molecule has 1 heterocycles. The largest absolute Gasteiger partial charge is 0.380 e. The van der Waals surface area contributed by atoms with Crippen molar-refractivity contribution in [3.63, 3.8) is 0 Å². The first kappa shape index (κ1) is 14.2. The molecule has 0 aliphatic heterocycles. The van der Waals surface area contributed by atoms with Crippen molar-refractivity contribution >= 4 is 33.2 Å². The molecule has 0 unspecified atom stereocenters. The molecule has 0 aliphatic carbocycles. The molecular formula is C13H10BrClF2N2. The summed E-state index contributed by atoms with van der Waals surface area (Å²) in [4.78, 5) is 3.99. The minimum absolute atomic E-state index is 0.0275. The lowest BCUT2D eigenvalue weighted by molar-refractivity contribution is 0.151. The normalized spacial score (nSPS) is 10.8. The number of aromatic nitrogens is 1. The van der Waals surface area contributed by atoms with Gasteiger partial charge in [-0.15, -0.1) is 0 Å². The van der Waals surface area contributed by atoms with E-state index in [0.717, 1.165) is 11.3 Å². The summed E-state index contributed by atoms with van der Waals surface area (Å²) in [7, 11) is 0. The van der Waals surface area contributed by atoms with Crippen molar-refractivity contribution in [1.82, 2.24) is 4.98 Å². The molecule has 0 saturated heterocycles. The maximum absolute atomic E-state index is 12.4. The van der Waals surface area contributed by atoms with Crippen LogP contribution < -0.4 is 5.32 Å². The van der Waals surface area contributed by atoms with Gasteiger partial charge in [0.2, 0.25) is 0 Å². The summed E-state index contributed by atoms with van der Waals surface area (Å²) in [6, 6.07) is 8.01. The highest BCUT2D eigenvalue weighted by Crippen LogP contribution is 2.23. The van der Waals surface area contributed by atoms with E-state index < -0.39 is 6.43 Å². The van der Waals surface area contributed by atoms with E-state index in [1.54, 1.807) is 18.3 Å². The lowest BCUT2D eigenvalue weighted by Gasteiger charge is -2.08. The molecule has 100 valence electrons. The quantitative estimate of drug-likeness (QED) is 0.783. The first-order valence-electron chi connectivity index (χ1n) is 5.48. The lowest BCUT2D eigenvalue weighted by Crippen LogP contribution is -2.00. The predicted octanol–water partition coefficient (Wildman–Crippen LogP) is 5.05. The van der Waals surface area contributed by atoms with Gasteiger partial charge in [0.25, 0.3) is 6.43 Å². The van der Waals surface area contributed by atoms with E-state index in [9.17, 15) is 8.78 Å². The van der Waals surface area contributed by atoms with Gasteiger partial charge in [-0.25, -0.2) is 13.8 Å². The van der Waals surface area contributed by atoms with Crippen molar-refractivity contribution in [2.24, 2.45) is 0 Å². The lowest BCUT2D eigenvalue weighted by atomic mass is 10.1. The summed E-state index contributed by atoms with van der Waals surface area (Å²) >= 11 is 9.07. The SMILES string of the molecule is FC(F)c1ccc(CNc2cnc(Cl)c(Br)c2)cc1. The van der Waals surface area contributed by atoms with Gasteiger partial charge in [-0.05, 0) is 27.6 Å². The van der Waals surface area contributed by atoms with Crippen LogP contribution >= 0.6 is 27.5 Å². The Bertz CT molecular complexity index is 561.